The van der Waals surface area contributed by atoms with E-state index in [2.05, 4.69) is 5.32 Å². The highest BCUT2D eigenvalue weighted by Crippen LogP contribution is 2.39. The van der Waals surface area contributed by atoms with Crippen molar-refractivity contribution in [1.82, 2.24) is 0 Å². The summed E-state index contributed by atoms with van der Waals surface area (Å²) in [5.41, 5.74) is 1.14. The van der Waals surface area contributed by atoms with Gasteiger partial charge in [0.1, 0.15) is 16.3 Å². The van der Waals surface area contributed by atoms with Crippen molar-refractivity contribution in [1.29, 1.82) is 0 Å². The molecular weight excluding hydrogens is 394 g/mol. The number of hydrogen-bond donors (Lipinski definition) is 1. The van der Waals surface area contributed by atoms with Gasteiger partial charge in [0.2, 0.25) is 0 Å². The van der Waals surface area contributed by atoms with Crippen molar-refractivity contribution in [3.8, 4) is 5.75 Å². The van der Waals surface area contributed by atoms with Gasteiger partial charge in [-0.15, -0.1) is 11.3 Å². The van der Waals surface area contributed by atoms with Crippen LogP contribution in [0.15, 0.2) is 33.5 Å². The molecule has 0 unspecified atom stereocenters. The maximum Gasteiger partial charge on any atom is 0.341 e. The number of esters is 1. The van der Waals surface area contributed by atoms with Crippen molar-refractivity contribution in [2.24, 2.45) is 0 Å². The Morgan fingerprint density at radius 3 is 2.69 bits per heavy atom. The number of thiophene rings is 1. The van der Waals surface area contributed by atoms with Gasteiger partial charge in [-0.3, -0.25) is 4.79 Å². The minimum Gasteiger partial charge on any atom is -0.497 e. The molecule has 2 aromatic heterocycles. The summed E-state index contributed by atoms with van der Waals surface area (Å²) in [5.74, 6) is -0.448. The van der Waals surface area contributed by atoms with Gasteiger partial charge in [0, 0.05) is 22.4 Å². The molecule has 0 fully saturated rings. The van der Waals surface area contributed by atoms with E-state index in [-0.39, 0.29) is 11.1 Å². The first-order chi connectivity index (χ1) is 14.0. The molecule has 0 spiro atoms. The van der Waals surface area contributed by atoms with Crippen LogP contribution >= 0.6 is 11.3 Å². The second-order valence-corrected chi connectivity index (χ2v) is 7.81. The third kappa shape index (κ3) is 3.51. The molecule has 1 amide bonds. The summed E-state index contributed by atoms with van der Waals surface area (Å²) in [6.07, 6.45) is 3.70. The van der Waals surface area contributed by atoms with Crippen LogP contribution in [0.5, 0.6) is 5.75 Å². The van der Waals surface area contributed by atoms with Gasteiger partial charge < -0.3 is 19.2 Å². The maximum atomic E-state index is 13.0. The molecule has 0 aliphatic heterocycles. The number of carbonyl (C=O) groups excluding carboxylic acids is 2. The number of aryl methyl sites for hydroxylation is 1. The van der Waals surface area contributed by atoms with Gasteiger partial charge >= 0.3 is 11.6 Å². The Labute approximate surface area is 170 Å². The highest BCUT2D eigenvalue weighted by Gasteiger charge is 2.27. The first-order valence-electron chi connectivity index (χ1n) is 9.18. The summed E-state index contributed by atoms with van der Waals surface area (Å²) in [6.45, 7) is 0. The van der Waals surface area contributed by atoms with Gasteiger partial charge in [-0.25, -0.2) is 9.59 Å². The van der Waals surface area contributed by atoms with Gasteiger partial charge in [-0.2, -0.15) is 0 Å². The second kappa shape index (κ2) is 7.71. The number of ether oxygens (including phenoxy) is 2. The minimum absolute atomic E-state index is 0.168. The molecule has 0 radical (unpaired) electrons. The first kappa shape index (κ1) is 19.2. The fourth-order valence-corrected chi connectivity index (χ4v) is 4.87. The van der Waals surface area contributed by atoms with Gasteiger partial charge in [-0.1, -0.05) is 0 Å². The zero-order valence-electron chi connectivity index (χ0n) is 16.0. The SMILES string of the molecule is COC(=O)c1c(NC(=O)c2cc(=O)oc3cc(OC)ccc23)sc2c1CCCC2. The van der Waals surface area contributed by atoms with Crippen LogP contribution in [0.4, 0.5) is 5.00 Å². The molecule has 8 heteroatoms. The molecule has 7 nitrogen and oxygen atoms in total. The van der Waals surface area contributed by atoms with Gasteiger partial charge in [0.25, 0.3) is 5.91 Å². The summed E-state index contributed by atoms with van der Waals surface area (Å²) in [6, 6.07) is 6.04. The summed E-state index contributed by atoms with van der Waals surface area (Å²) in [4.78, 5) is 38.5. The van der Waals surface area contributed by atoms with Gasteiger partial charge in [-0.05, 0) is 43.4 Å². The lowest BCUT2D eigenvalue weighted by Crippen LogP contribution is -2.17. The molecule has 1 aliphatic rings. The first-order valence-corrected chi connectivity index (χ1v) is 9.99. The van der Waals surface area contributed by atoms with Crippen LogP contribution in [-0.2, 0) is 17.6 Å². The van der Waals surface area contributed by atoms with E-state index in [1.165, 1.54) is 25.6 Å². The van der Waals surface area contributed by atoms with E-state index in [4.69, 9.17) is 13.9 Å². The lowest BCUT2D eigenvalue weighted by Gasteiger charge is -2.12. The maximum absolute atomic E-state index is 13.0. The average molecular weight is 413 g/mol. The Hall–Kier alpha value is -3.13. The predicted octanol–water partition coefficient (Wildman–Crippen LogP) is 3.78. The van der Waals surface area contributed by atoms with Crippen molar-refractivity contribution in [2.45, 2.75) is 25.7 Å². The Morgan fingerprint density at radius 1 is 1.14 bits per heavy atom. The molecule has 0 atom stereocenters. The molecule has 150 valence electrons. The quantitative estimate of drug-likeness (QED) is 0.517. The molecule has 3 aromatic rings. The fraction of sp³-hybridized carbons (Fsp3) is 0.286. The zero-order valence-corrected chi connectivity index (χ0v) is 16.8. The zero-order chi connectivity index (χ0) is 20.5. The molecule has 1 aromatic carbocycles. The van der Waals surface area contributed by atoms with Crippen molar-refractivity contribution in [3.63, 3.8) is 0 Å². The molecule has 1 aliphatic carbocycles. The summed E-state index contributed by atoms with van der Waals surface area (Å²) in [5, 5.41) is 3.74. The van der Waals surface area contributed by atoms with E-state index in [9.17, 15) is 14.4 Å². The van der Waals surface area contributed by atoms with Crippen LogP contribution in [0.2, 0.25) is 0 Å². The van der Waals surface area contributed by atoms with Crippen LogP contribution in [0.25, 0.3) is 11.0 Å². The third-order valence-corrected chi connectivity index (χ3v) is 6.19. The predicted molar refractivity (Wildman–Crippen MR) is 109 cm³/mol. The molecule has 4 rings (SSSR count). The number of methoxy groups -OCH3 is 2. The largest absolute Gasteiger partial charge is 0.497 e. The van der Waals surface area contributed by atoms with Crippen LogP contribution in [0.3, 0.4) is 0 Å². The smallest absolute Gasteiger partial charge is 0.341 e. The highest BCUT2D eigenvalue weighted by molar-refractivity contribution is 7.17. The number of nitrogens with one attached hydrogen (secondary N) is 1. The van der Waals surface area contributed by atoms with Crippen LogP contribution < -0.4 is 15.7 Å². The molecular formula is C21H19NO6S. The van der Waals surface area contributed by atoms with Crippen molar-refractivity contribution < 1.29 is 23.5 Å². The number of fused-ring (bicyclic) bond motifs is 2. The number of benzene rings is 1. The van der Waals surface area contributed by atoms with Gasteiger partial charge in [0.05, 0.1) is 25.3 Å². The summed E-state index contributed by atoms with van der Waals surface area (Å²) >= 11 is 1.39. The molecule has 0 bridgehead atoms. The van der Waals surface area contributed by atoms with E-state index in [1.54, 1.807) is 18.2 Å². The van der Waals surface area contributed by atoms with Crippen LogP contribution in [0.1, 0.15) is 44.0 Å². The highest BCUT2D eigenvalue weighted by atomic mass is 32.1. The van der Waals surface area contributed by atoms with Crippen LogP contribution in [-0.4, -0.2) is 26.1 Å². The number of anilines is 1. The number of amides is 1. The van der Waals surface area contributed by atoms with Crippen molar-refractivity contribution in [2.75, 3.05) is 19.5 Å². The van der Waals surface area contributed by atoms with Crippen molar-refractivity contribution in [3.05, 3.63) is 56.3 Å². The minimum atomic E-state index is -0.644. The number of rotatable bonds is 4. The number of hydrogen-bond acceptors (Lipinski definition) is 7. The average Bonchev–Trinajstić information content (AvgIpc) is 3.09. The van der Waals surface area contributed by atoms with E-state index >= 15 is 0 Å². The normalized spacial score (nSPS) is 13.0. The second-order valence-electron chi connectivity index (χ2n) is 6.70. The lowest BCUT2D eigenvalue weighted by molar-refractivity contribution is 0.0601. The molecule has 0 saturated carbocycles. The van der Waals surface area contributed by atoms with Crippen molar-refractivity contribution >= 4 is 39.2 Å². The van der Waals surface area contributed by atoms with E-state index in [1.807, 2.05) is 0 Å². The van der Waals surface area contributed by atoms with Gasteiger partial charge in [0.15, 0.2) is 0 Å². The van der Waals surface area contributed by atoms with E-state index in [0.717, 1.165) is 42.2 Å². The standard InChI is InChI=1S/C21H19NO6S/c1-26-11-7-8-12-14(10-17(23)28-15(12)9-11)19(24)22-20-18(21(25)27-2)13-5-3-4-6-16(13)29-20/h7-10H,3-6H2,1-2H3,(H,22,24). The third-order valence-electron chi connectivity index (χ3n) is 4.98. The van der Waals surface area contributed by atoms with E-state index in [0.29, 0.717) is 21.7 Å². The Bertz CT molecular complexity index is 1180. The number of carbonyl (C=O) groups is 2. The Kier molecular flexibility index (Phi) is 5.10. The summed E-state index contributed by atoms with van der Waals surface area (Å²) < 4.78 is 15.3. The summed E-state index contributed by atoms with van der Waals surface area (Å²) in [7, 11) is 2.83. The molecule has 0 saturated heterocycles. The van der Waals surface area contributed by atoms with Crippen LogP contribution in [0, 0.1) is 0 Å². The lowest BCUT2D eigenvalue weighted by atomic mass is 9.95. The molecule has 29 heavy (non-hydrogen) atoms. The Balaban J connectivity index is 1.77. The molecule has 2 heterocycles. The molecule has 1 N–H and O–H groups in total. The topological polar surface area (TPSA) is 94.8 Å². The fourth-order valence-electron chi connectivity index (χ4n) is 3.60. The van der Waals surface area contributed by atoms with E-state index < -0.39 is 17.5 Å². The Morgan fingerprint density at radius 2 is 1.93 bits per heavy atom. The monoisotopic (exact) mass is 413 g/mol.